The maximum atomic E-state index is 13.6. The summed E-state index contributed by atoms with van der Waals surface area (Å²) in [5, 5.41) is 2.60. The van der Waals surface area contributed by atoms with Gasteiger partial charge in [0.05, 0.1) is 12.3 Å². The number of nitrogens with one attached hydrogen (secondary N) is 1. The number of anilines is 3. The number of para-hydroxylation sites is 1. The second kappa shape index (κ2) is 6.39. The molecule has 21 heavy (non-hydrogen) atoms. The SMILES string of the molecule is CC(C)COc1nc(Nc2c(F)cccc2F)ccc1N. The largest absolute Gasteiger partial charge is 0.476 e. The van der Waals surface area contributed by atoms with Crippen molar-refractivity contribution in [2.45, 2.75) is 13.8 Å². The van der Waals surface area contributed by atoms with E-state index in [2.05, 4.69) is 10.3 Å². The summed E-state index contributed by atoms with van der Waals surface area (Å²) in [5.41, 5.74) is 5.88. The second-order valence-corrected chi connectivity index (χ2v) is 5.02. The lowest BCUT2D eigenvalue weighted by atomic mass is 10.2. The van der Waals surface area contributed by atoms with Crippen LogP contribution < -0.4 is 15.8 Å². The number of pyridine rings is 1. The molecule has 112 valence electrons. The Bertz CT molecular complexity index is 612. The van der Waals surface area contributed by atoms with Crippen LogP contribution in [0.3, 0.4) is 0 Å². The molecule has 0 radical (unpaired) electrons. The molecule has 0 atom stereocenters. The first kappa shape index (κ1) is 15.0. The third-order valence-electron chi connectivity index (χ3n) is 2.66. The fraction of sp³-hybridized carbons (Fsp3) is 0.267. The highest BCUT2D eigenvalue weighted by atomic mass is 19.1. The lowest BCUT2D eigenvalue weighted by molar-refractivity contribution is 0.263. The van der Waals surface area contributed by atoms with Crippen molar-refractivity contribution in [3.63, 3.8) is 0 Å². The van der Waals surface area contributed by atoms with Crippen molar-refractivity contribution >= 4 is 17.2 Å². The topological polar surface area (TPSA) is 60.2 Å². The van der Waals surface area contributed by atoms with Crippen molar-refractivity contribution in [1.29, 1.82) is 0 Å². The Kier molecular flexibility index (Phi) is 4.57. The van der Waals surface area contributed by atoms with E-state index in [0.29, 0.717) is 18.2 Å². The van der Waals surface area contributed by atoms with E-state index >= 15 is 0 Å². The number of aromatic nitrogens is 1. The molecule has 0 saturated heterocycles. The standard InChI is InChI=1S/C15H17F2N3O/c1-9(2)8-21-15-12(18)6-7-13(20-15)19-14-10(16)4-3-5-11(14)17/h3-7,9H,8,18H2,1-2H3,(H,19,20). The predicted octanol–water partition coefficient (Wildman–Crippen LogP) is 3.72. The number of hydrogen-bond acceptors (Lipinski definition) is 4. The number of halogens is 2. The van der Waals surface area contributed by atoms with Gasteiger partial charge in [0, 0.05) is 0 Å². The molecule has 2 rings (SSSR count). The van der Waals surface area contributed by atoms with Crippen LogP contribution in [0.4, 0.5) is 26.0 Å². The summed E-state index contributed by atoms with van der Waals surface area (Å²) in [6.45, 7) is 4.44. The van der Waals surface area contributed by atoms with Crippen molar-refractivity contribution in [1.82, 2.24) is 4.98 Å². The van der Waals surface area contributed by atoms with Gasteiger partial charge >= 0.3 is 0 Å². The fourth-order valence-electron chi connectivity index (χ4n) is 1.63. The summed E-state index contributed by atoms with van der Waals surface area (Å²) in [5.74, 6) is -0.583. The minimum absolute atomic E-state index is 0.241. The quantitative estimate of drug-likeness (QED) is 0.882. The molecule has 1 heterocycles. The summed E-state index contributed by atoms with van der Waals surface area (Å²) < 4.78 is 32.6. The molecule has 0 spiro atoms. The molecule has 0 bridgehead atoms. The van der Waals surface area contributed by atoms with Crippen LogP contribution in [-0.2, 0) is 0 Å². The van der Waals surface area contributed by atoms with Gasteiger partial charge in [-0.05, 0) is 30.2 Å². The zero-order chi connectivity index (χ0) is 15.4. The maximum Gasteiger partial charge on any atom is 0.239 e. The van der Waals surface area contributed by atoms with Gasteiger partial charge in [0.25, 0.3) is 0 Å². The monoisotopic (exact) mass is 293 g/mol. The number of benzene rings is 1. The average Bonchev–Trinajstić information content (AvgIpc) is 2.43. The molecule has 0 saturated carbocycles. The van der Waals surface area contributed by atoms with Crippen molar-refractivity contribution in [3.8, 4) is 5.88 Å². The number of rotatable bonds is 5. The van der Waals surface area contributed by atoms with E-state index in [1.807, 2.05) is 13.8 Å². The third kappa shape index (κ3) is 3.81. The number of hydrogen-bond donors (Lipinski definition) is 2. The van der Waals surface area contributed by atoms with Gasteiger partial charge in [-0.25, -0.2) is 8.78 Å². The molecular formula is C15H17F2N3O. The van der Waals surface area contributed by atoms with Crippen LogP contribution in [0, 0.1) is 17.6 Å². The number of nitrogens with two attached hydrogens (primary N) is 1. The molecule has 3 N–H and O–H groups in total. The van der Waals surface area contributed by atoms with Gasteiger partial charge in [0.2, 0.25) is 5.88 Å². The Morgan fingerprint density at radius 3 is 2.48 bits per heavy atom. The van der Waals surface area contributed by atoms with Gasteiger partial charge in [0.1, 0.15) is 23.1 Å². The van der Waals surface area contributed by atoms with E-state index in [9.17, 15) is 8.78 Å². The van der Waals surface area contributed by atoms with Gasteiger partial charge in [0.15, 0.2) is 0 Å². The van der Waals surface area contributed by atoms with Crippen LogP contribution in [0.2, 0.25) is 0 Å². The Labute approximate surface area is 122 Å². The highest BCUT2D eigenvalue weighted by Gasteiger charge is 2.11. The molecule has 1 aromatic heterocycles. The van der Waals surface area contributed by atoms with Crippen LogP contribution in [0.15, 0.2) is 30.3 Å². The zero-order valence-electron chi connectivity index (χ0n) is 11.9. The van der Waals surface area contributed by atoms with Crippen LogP contribution in [0.1, 0.15) is 13.8 Å². The van der Waals surface area contributed by atoms with Gasteiger partial charge in [-0.1, -0.05) is 19.9 Å². The van der Waals surface area contributed by atoms with E-state index in [1.165, 1.54) is 24.3 Å². The Hall–Kier alpha value is -2.37. The van der Waals surface area contributed by atoms with E-state index in [0.717, 1.165) is 0 Å². The Balaban J connectivity index is 2.23. The fourth-order valence-corrected chi connectivity index (χ4v) is 1.63. The minimum Gasteiger partial charge on any atom is -0.476 e. The molecule has 0 fully saturated rings. The number of ether oxygens (including phenoxy) is 1. The van der Waals surface area contributed by atoms with Gasteiger partial charge in [-0.3, -0.25) is 0 Å². The lowest BCUT2D eigenvalue weighted by Gasteiger charge is -2.12. The first-order valence-corrected chi connectivity index (χ1v) is 6.57. The zero-order valence-corrected chi connectivity index (χ0v) is 11.9. The van der Waals surface area contributed by atoms with Gasteiger partial charge in [-0.2, -0.15) is 4.98 Å². The van der Waals surface area contributed by atoms with E-state index in [-0.39, 0.29) is 17.4 Å². The van der Waals surface area contributed by atoms with Crippen molar-refractivity contribution < 1.29 is 13.5 Å². The van der Waals surface area contributed by atoms with Crippen LogP contribution in [-0.4, -0.2) is 11.6 Å². The van der Waals surface area contributed by atoms with Crippen molar-refractivity contribution in [3.05, 3.63) is 42.0 Å². The van der Waals surface area contributed by atoms with Crippen LogP contribution >= 0.6 is 0 Å². The summed E-state index contributed by atoms with van der Waals surface area (Å²) in [6, 6.07) is 6.73. The molecule has 6 heteroatoms. The van der Waals surface area contributed by atoms with Crippen molar-refractivity contribution in [2.75, 3.05) is 17.7 Å². The molecule has 0 aliphatic heterocycles. The average molecular weight is 293 g/mol. The van der Waals surface area contributed by atoms with E-state index in [1.54, 1.807) is 6.07 Å². The predicted molar refractivity (Wildman–Crippen MR) is 78.6 cm³/mol. The highest BCUT2D eigenvalue weighted by molar-refractivity contribution is 5.61. The summed E-state index contributed by atoms with van der Waals surface area (Å²) in [7, 11) is 0. The van der Waals surface area contributed by atoms with E-state index in [4.69, 9.17) is 10.5 Å². The highest BCUT2D eigenvalue weighted by Crippen LogP contribution is 2.26. The maximum absolute atomic E-state index is 13.6. The molecule has 0 aliphatic rings. The summed E-state index contributed by atoms with van der Waals surface area (Å²) in [4.78, 5) is 4.13. The van der Waals surface area contributed by atoms with Crippen molar-refractivity contribution in [2.24, 2.45) is 5.92 Å². The Morgan fingerprint density at radius 2 is 1.86 bits per heavy atom. The first-order chi connectivity index (χ1) is 9.97. The lowest BCUT2D eigenvalue weighted by Crippen LogP contribution is -2.08. The third-order valence-corrected chi connectivity index (χ3v) is 2.66. The number of nitrogens with zero attached hydrogens (tertiary/aromatic N) is 1. The second-order valence-electron chi connectivity index (χ2n) is 5.02. The summed E-state index contributed by atoms with van der Waals surface area (Å²) >= 11 is 0. The smallest absolute Gasteiger partial charge is 0.239 e. The normalized spacial score (nSPS) is 10.7. The van der Waals surface area contributed by atoms with Gasteiger partial charge < -0.3 is 15.8 Å². The molecule has 4 nitrogen and oxygen atoms in total. The van der Waals surface area contributed by atoms with Crippen LogP contribution in [0.5, 0.6) is 5.88 Å². The van der Waals surface area contributed by atoms with E-state index < -0.39 is 11.6 Å². The minimum atomic E-state index is -0.696. The first-order valence-electron chi connectivity index (χ1n) is 6.57. The summed E-state index contributed by atoms with van der Waals surface area (Å²) in [6.07, 6.45) is 0. The molecule has 2 aromatic rings. The molecular weight excluding hydrogens is 276 g/mol. The van der Waals surface area contributed by atoms with Gasteiger partial charge in [-0.15, -0.1) is 0 Å². The number of nitrogen functional groups attached to an aromatic ring is 1. The molecule has 0 unspecified atom stereocenters. The van der Waals surface area contributed by atoms with Crippen LogP contribution in [0.25, 0.3) is 0 Å². The Morgan fingerprint density at radius 1 is 1.19 bits per heavy atom. The molecule has 1 aromatic carbocycles. The molecule has 0 aliphatic carbocycles. The molecule has 0 amide bonds.